The third-order valence-electron chi connectivity index (χ3n) is 2.84. The molecular weight excluding hydrogens is 260 g/mol. The first-order valence-corrected chi connectivity index (χ1v) is 6.86. The SMILES string of the molecule is CC(=O)/C=C/C=C/c1cccc(OCc2ccccc2)c1. The second-order valence-corrected chi connectivity index (χ2v) is 4.68. The first-order chi connectivity index (χ1) is 10.2. The Labute approximate surface area is 125 Å². The van der Waals surface area contributed by atoms with Gasteiger partial charge < -0.3 is 4.74 Å². The van der Waals surface area contributed by atoms with Crippen molar-refractivity contribution in [3.05, 3.63) is 84.0 Å². The van der Waals surface area contributed by atoms with E-state index in [1.165, 1.54) is 13.0 Å². The maximum atomic E-state index is 10.8. The molecule has 2 aromatic carbocycles. The molecule has 0 aliphatic rings. The zero-order chi connectivity index (χ0) is 14.9. The maximum Gasteiger partial charge on any atom is 0.152 e. The predicted octanol–water partition coefficient (Wildman–Crippen LogP) is 4.42. The molecule has 0 fully saturated rings. The van der Waals surface area contributed by atoms with Crippen molar-refractivity contribution in [2.45, 2.75) is 13.5 Å². The van der Waals surface area contributed by atoms with E-state index in [1.54, 1.807) is 6.08 Å². The minimum atomic E-state index is 0.0413. The van der Waals surface area contributed by atoms with Crippen molar-refractivity contribution in [1.29, 1.82) is 0 Å². The Balaban J connectivity index is 1.96. The number of rotatable bonds is 6. The molecule has 0 unspecified atom stereocenters. The van der Waals surface area contributed by atoms with Crippen LogP contribution in [-0.4, -0.2) is 5.78 Å². The zero-order valence-corrected chi connectivity index (χ0v) is 12.0. The predicted molar refractivity (Wildman–Crippen MR) is 86.1 cm³/mol. The van der Waals surface area contributed by atoms with Gasteiger partial charge in [0.05, 0.1) is 0 Å². The van der Waals surface area contributed by atoms with E-state index in [1.807, 2.05) is 66.7 Å². The molecule has 0 aliphatic heterocycles. The van der Waals surface area contributed by atoms with E-state index >= 15 is 0 Å². The van der Waals surface area contributed by atoms with E-state index in [9.17, 15) is 4.79 Å². The summed E-state index contributed by atoms with van der Waals surface area (Å²) in [4.78, 5) is 10.8. The van der Waals surface area contributed by atoms with E-state index in [2.05, 4.69) is 0 Å². The number of hydrogen-bond donors (Lipinski definition) is 0. The number of carbonyl (C=O) groups excluding carboxylic acids is 1. The van der Waals surface area contributed by atoms with Crippen LogP contribution < -0.4 is 4.74 Å². The molecule has 0 bridgehead atoms. The summed E-state index contributed by atoms with van der Waals surface area (Å²) in [5.74, 6) is 0.871. The number of carbonyl (C=O) groups is 1. The molecule has 0 heterocycles. The van der Waals surface area contributed by atoms with Gasteiger partial charge in [0, 0.05) is 0 Å². The minimum absolute atomic E-state index is 0.0413. The monoisotopic (exact) mass is 278 g/mol. The Morgan fingerprint density at radius 1 is 1.05 bits per heavy atom. The van der Waals surface area contributed by atoms with Crippen LogP contribution in [0.4, 0.5) is 0 Å². The standard InChI is InChI=1S/C19H18O2/c1-16(20)8-5-6-9-17-12-7-13-19(14-17)21-15-18-10-3-2-4-11-18/h2-14H,15H2,1H3/b8-5+,9-6+. The van der Waals surface area contributed by atoms with Gasteiger partial charge in [-0.3, -0.25) is 4.79 Å². The molecule has 2 rings (SSSR count). The van der Waals surface area contributed by atoms with Gasteiger partial charge in [0.25, 0.3) is 0 Å². The third kappa shape index (κ3) is 5.49. The largest absolute Gasteiger partial charge is 0.489 e. The summed E-state index contributed by atoms with van der Waals surface area (Å²) in [6.07, 6.45) is 7.05. The van der Waals surface area contributed by atoms with Gasteiger partial charge >= 0.3 is 0 Å². The molecule has 0 N–H and O–H groups in total. The Hall–Kier alpha value is -2.61. The van der Waals surface area contributed by atoms with Gasteiger partial charge in [-0.25, -0.2) is 0 Å². The normalized spacial score (nSPS) is 11.1. The average Bonchev–Trinajstić information content (AvgIpc) is 2.51. The lowest BCUT2D eigenvalue weighted by molar-refractivity contribution is -0.112. The Morgan fingerprint density at radius 2 is 1.86 bits per heavy atom. The van der Waals surface area contributed by atoms with Crippen LogP contribution in [-0.2, 0) is 11.4 Å². The average molecular weight is 278 g/mol. The maximum absolute atomic E-state index is 10.8. The summed E-state index contributed by atoms with van der Waals surface area (Å²) in [5, 5.41) is 0. The highest BCUT2D eigenvalue weighted by Gasteiger charge is 1.96. The molecule has 0 amide bonds. The van der Waals surface area contributed by atoms with Crippen molar-refractivity contribution in [1.82, 2.24) is 0 Å². The molecule has 21 heavy (non-hydrogen) atoms. The number of allylic oxidation sites excluding steroid dienone is 3. The fraction of sp³-hybridized carbons (Fsp3) is 0.105. The molecule has 106 valence electrons. The molecule has 2 aromatic rings. The second-order valence-electron chi connectivity index (χ2n) is 4.68. The first-order valence-electron chi connectivity index (χ1n) is 6.86. The lowest BCUT2D eigenvalue weighted by Crippen LogP contribution is -1.94. The number of benzene rings is 2. The summed E-state index contributed by atoms with van der Waals surface area (Å²) in [6, 6.07) is 17.9. The molecule has 0 saturated heterocycles. The summed E-state index contributed by atoms with van der Waals surface area (Å²) in [7, 11) is 0. The van der Waals surface area contributed by atoms with Gasteiger partial charge in [-0.2, -0.15) is 0 Å². The molecule has 2 nitrogen and oxygen atoms in total. The van der Waals surface area contributed by atoms with Crippen LogP contribution in [0, 0.1) is 0 Å². The highest BCUT2D eigenvalue weighted by molar-refractivity contribution is 5.87. The Kier molecular flexibility index (Phi) is 5.53. The second kappa shape index (κ2) is 7.85. The van der Waals surface area contributed by atoms with Gasteiger partial charge in [-0.05, 0) is 36.3 Å². The lowest BCUT2D eigenvalue weighted by atomic mass is 10.2. The van der Waals surface area contributed by atoms with Crippen molar-refractivity contribution in [3.63, 3.8) is 0 Å². The number of ether oxygens (including phenoxy) is 1. The third-order valence-corrected chi connectivity index (χ3v) is 2.84. The summed E-state index contributed by atoms with van der Waals surface area (Å²) >= 11 is 0. The Morgan fingerprint density at radius 3 is 2.62 bits per heavy atom. The molecule has 0 radical (unpaired) electrons. The zero-order valence-electron chi connectivity index (χ0n) is 12.0. The van der Waals surface area contributed by atoms with Crippen molar-refractivity contribution in [3.8, 4) is 5.75 Å². The van der Waals surface area contributed by atoms with E-state index in [0.717, 1.165) is 16.9 Å². The summed E-state index contributed by atoms with van der Waals surface area (Å²) in [6.45, 7) is 2.08. The molecular formula is C19H18O2. The van der Waals surface area contributed by atoms with E-state index in [0.29, 0.717) is 6.61 Å². The minimum Gasteiger partial charge on any atom is -0.489 e. The van der Waals surface area contributed by atoms with Crippen LogP contribution in [0.2, 0.25) is 0 Å². The fourth-order valence-electron chi connectivity index (χ4n) is 1.81. The van der Waals surface area contributed by atoms with Gasteiger partial charge in [0.15, 0.2) is 5.78 Å². The molecule has 0 aromatic heterocycles. The lowest BCUT2D eigenvalue weighted by Gasteiger charge is -2.06. The van der Waals surface area contributed by atoms with Crippen LogP contribution in [0.25, 0.3) is 6.08 Å². The van der Waals surface area contributed by atoms with Crippen molar-refractivity contribution < 1.29 is 9.53 Å². The van der Waals surface area contributed by atoms with Crippen molar-refractivity contribution >= 4 is 11.9 Å². The van der Waals surface area contributed by atoms with Crippen LogP contribution in [0.3, 0.4) is 0 Å². The first kappa shape index (κ1) is 14.8. The molecule has 0 atom stereocenters. The molecule has 0 saturated carbocycles. The quantitative estimate of drug-likeness (QED) is 0.577. The topological polar surface area (TPSA) is 26.3 Å². The van der Waals surface area contributed by atoms with Crippen molar-refractivity contribution in [2.24, 2.45) is 0 Å². The van der Waals surface area contributed by atoms with E-state index < -0.39 is 0 Å². The highest BCUT2D eigenvalue weighted by Crippen LogP contribution is 2.16. The van der Waals surface area contributed by atoms with Crippen LogP contribution >= 0.6 is 0 Å². The fourth-order valence-corrected chi connectivity index (χ4v) is 1.81. The summed E-state index contributed by atoms with van der Waals surface area (Å²) in [5.41, 5.74) is 2.18. The summed E-state index contributed by atoms with van der Waals surface area (Å²) < 4.78 is 5.77. The van der Waals surface area contributed by atoms with Gasteiger partial charge in [0.1, 0.15) is 12.4 Å². The van der Waals surface area contributed by atoms with Crippen molar-refractivity contribution in [2.75, 3.05) is 0 Å². The van der Waals surface area contributed by atoms with Gasteiger partial charge in [0.2, 0.25) is 0 Å². The van der Waals surface area contributed by atoms with Gasteiger partial charge in [-0.15, -0.1) is 0 Å². The molecule has 0 spiro atoms. The van der Waals surface area contributed by atoms with Crippen LogP contribution in [0.5, 0.6) is 5.75 Å². The van der Waals surface area contributed by atoms with Crippen LogP contribution in [0.15, 0.2) is 72.8 Å². The molecule has 2 heteroatoms. The Bertz CT molecular complexity index is 640. The number of ketones is 1. The van der Waals surface area contributed by atoms with Crippen LogP contribution in [0.1, 0.15) is 18.1 Å². The highest BCUT2D eigenvalue weighted by atomic mass is 16.5. The molecule has 0 aliphatic carbocycles. The number of hydrogen-bond acceptors (Lipinski definition) is 2. The van der Waals surface area contributed by atoms with E-state index in [-0.39, 0.29) is 5.78 Å². The van der Waals surface area contributed by atoms with Gasteiger partial charge in [-0.1, -0.05) is 60.7 Å². The smallest absolute Gasteiger partial charge is 0.152 e. The van der Waals surface area contributed by atoms with E-state index in [4.69, 9.17) is 4.74 Å².